The first kappa shape index (κ1) is 15.7. The van der Waals surface area contributed by atoms with Gasteiger partial charge in [0, 0.05) is 16.6 Å². The predicted molar refractivity (Wildman–Crippen MR) is 83.8 cm³/mol. The van der Waals surface area contributed by atoms with Crippen molar-refractivity contribution in [2.24, 2.45) is 5.92 Å². The summed E-state index contributed by atoms with van der Waals surface area (Å²) in [7, 11) is 0. The molecule has 0 saturated carbocycles. The largest absolute Gasteiger partial charge is 0.307 e. The van der Waals surface area contributed by atoms with Crippen LogP contribution in [-0.4, -0.2) is 6.04 Å². The van der Waals surface area contributed by atoms with Gasteiger partial charge in [-0.1, -0.05) is 55.3 Å². The molecule has 0 aliphatic carbocycles. The molecule has 18 heavy (non-hydrogen) atoms. The summed E-state index contributed by atoms with van der Waals surface area (Å²) in [6.45, 7) is 9.14. The molecular formula is C16H26BrN. The number of nitrogens with one attached hydrogen (secondary N) is 1. The van der Waals surface area contributed by atoms with Crippen molar-refractivity contribution in [1.29, 1.82) is 0 Å². The van der Waals surface area contributed by atoms with Gasteiger partial charge in [0.25, 0.3) is 0 Å². The van der Waals surface area contributed by atoms with Crippen LogP contribution in [0, 0.1) is 5.92 Å². The zero-order chi connectivity index (χ0) is 13.5. The van der Waals surface area contributed by atoms with Crippen LogP contribution in [0.1, 0.15) is 58.6 Å². The number of halogens is 1. The van der Waals surface area contributed by atoms with Crippen molar-refractivity contribution in [3.05, 3.63) is 34.3 Å². The molecule has 0 radical (unpaired) electrons. The maximum absolute atomic E-state index is 3.75. The molecule has 0 spiro atoms. The first-order valence-electron chi connectivity index (χ1n) is 7.08. The standard InChI is InChI=1S/C16H26BrN/c1-5-12(3)10-16(6-2)18-13(4)14-8-7-9-15(17)11-14/h7-9,11-13,16,18H,5-6,10H2,1-4H3. The molecule has 0 heterocycles. The first-order valence-corrected chi connectivity index (χ1v) is 7.87. The van der Waals surface area contributed by atoms with E-state index in [0.29, 0.717) is 12.1 Å². The van der Waals surface area contributed by atoms with Gasteiger partial charge in [-0.15, -0.1) is 0 Å². The summed E-state index contributed by atoms with van der Waals surface area (Å²) in [5, 5.41) is 3.75. The summed E-state index contributed by atoms with van der Waals surface area (Å²) in [4.78, 5) is 0. The number of hydrogen-bond donors (Lipinski definition) is 1. The topological polar surface area (TPSA) is 12.0 Å². The Hall–Kier alpha value is -0.340. The van der Waals surface area contributed by atoms with E-state index in [-0.39, 0.29) is 0 Å². The van der Waals surface area contributed by atoms with Crippen molar-refractivity contribution in [2.45, 2.75) is 59.0 Å². The average molecular weight is 312 g/mol. The van der Waals surface area contributed by atoms with Crippen LogP contribution in [0.2, 0.25) is 0 Å². The number of hydrogen-bond acceptors (Lipinski definition) is 1. The van der Waals surface area contributed by atoms with Crippen LogP contribution in [0.3, 0.4) is 0 Å². The Labute approximate surface area is 120 Å². The SMILES string of the molecule is CCC(C)CC(CC)NC(C)c1cccc(Br)c1. The minimum atomic E-state index is 0.413. The van der Waals surface area contributed by atoms with E-state index in [9.17, 15) is 0 Å². The Bertz CT molecular complexity index is 351. The summed E-state index contributed by atoms with van der Waals surface area (Å²) >= 11 is 3.54. The molecule has 1 aromatic carbocycles. The highest BCUT2D eigenvalue weighted by Crippen LogP contribution is 2.20. The summed E-state index contributed by atoms with van der Waals surface area (Å²) in [5.74, 6) is 0.803. The van der Waals surface area contributed by atoms with Crippen LogP contribution < -0.4 is 5.32 Å². The monoisotopic (exact) mass is 311 g/mol. The van der Waals surface area contributed by atoms with Crippen molar-refractivity contribution >= 4 is 15.9 Å². The fraction of sp³-hybridized carbons (Fsp3) is 0.625. The molecule has 1 aromatic rings. The van der Waals surface area contributed by atoms with Gasteiger partial charge in [0.2, 0.25) is 0 Å². The van der Waals surface area contributed by atoms with Gasteiger partial charge in [-0.05, 0) is 43.4 Å². The van der Waals surface area contributed by atoms with E-state index in [4.69, 9.17) is 0 Å². The van der Waals surface area contributed by atoms with Gasteiger partial charge in [-0.2, -0.15) is 0 Å². The summed E-state index contributed by atoms with van der Waals surface area (Å²) in [6.07, 6.45) is 3.73. The van der Waals surface area contributed by atoms with Gasteiger partial charge < -0.3 is 5.32 Å². The van der Waals surface area contributed by atoms with Crippen LogP contribution in [0.5, 0.6) is 0 Å². The lowest BCUT2D eigenvalue weighted by atomic mass is 9.96. The van der Waals surface area contributed by atoms with Gasteiger partial charge >= 0.3 is 0 Å². The fourth-order valence-corrected chi connectivity index (χ4v) is 2.65. The Balaban J connectivity index is 2.59. The van der Waals surface area contributed by atoms with Gasteiger partial charge in [-0.3, -0.25) is 0 Å². The lowest BCUT2D eigenvalue weighted by molar-refractivity contribution is 0.359. The second kappa shape index (κ2) is 7.96. The molecule has 0 fully saturated rings. The van der Waals surface area contributed by atoms with Crippen molar-refractivity contribution in [1.82, 2.24) is 5.32 Å². The highest BCUT2D eigenvalue weighted by Gasteiger charge is 2.14. The van der Waals surface area contributed by atoms with Crippen molar-refractivity contribution in [3.8, 4) is 0 Å². The average Bonchev–Trinajstić information content (AvgIpc) is 2.37. The summed E-state index contributed by atoms with van der Waals surface area (Å²) in [6, 6.07) is 9.61. The van der Waals surface area contributed by atoms with Gasteiger partial charge in [0.05, 0.1) is 0 Å². The summed E-state index contributed by atoms with van der Waals surface area (Å²) in [5.41, 5.74) is 1.35. The third kappa shape index (κ3) is 5.11. The maximum Gasteiger partial charge on any atom is 0.0294 e. The normalized spacial score (nSPS) is 16.3. The molecule has 0 saturated heterocycles. The van der Waals surface area contributed by atoms with Crippen molar-refractivity contribution in [3.63, 3.8) is 0 Å². The molecule has 0 aromatic heterocycles. The smallest absolute Gasteiger partial charge is 0.0294 e. The van der Waals surface area contributed by atoms with Crippen molar-refractivity contribution < 1.29 is 0 Å². The Morgan fingerprint density at radius 1 is 1.17 bits per heavy atom. The van der Waals surface area contributed by atoms with E-state index >= 15 is 0 Å². The van der Waals surface area contributed by atoms with Gasteiger partial charge in [-0.25, -0.2) is 0 Å². The van der Waals surface area contributed by atoms with Gasteiger partial charge in [0.1, 0.15) is 0 Å². The molecule has 1 N–H and O–H groups in total. The molecule has 0 amide bonds. The molecule has 3 atom stereocenters. The van der Waals surface area contributed by atoms with E-state index in [1.165, 1.54) is 24.8 Å². The molecule has 102 valence electrons. The molecule has 0 aliphatic heterocycles. The van der Waals surface area contributed by atoms with E-state index in [0.717, 1.165) is 10.4 Å². The Morgan fingerprint density at radius 3 is 2.44 bits per heavy atom. The highest BCUT2D eigenvalue weighted by atomic mass is 79.9. The molecule has 1 nitrogen and oxygen atoms in total. The minimum Gasteiger partial charge on any atom is -0.307 e. The quantitative estimate of drug-likeness (QED) is 0.719. The minimum absolute atomic E-state index is 0.413. The van der Waals surface area contributed by atoms with Crippen LogP contribution in [0.15, 0.2) is 28.7 Å². The fourth-order valence-electron chi connectivity index (χ4n) is 2.23. The second-order valence-electron chi connectivity index (χ2n) is 5.30. The van der Waals surface area contributed by atoms with E-state index in [1.807, 2.05) is 0 Å². The molecule has 1 rings (SSSR count). The van der Waals surface area contributed by atoms with Crippen LogP contribution in [0.4, 0.5) is 0 Å². The molecular weight excluding hydrogens is 286 g/mol. The third-order valence-corrected chi connectivity index (χ3v) is 4.20. The second-order valence-corrected chi connectivity index (χ2v) is 6.21. The maximum atomic E-state index is 3.75. The summed E-state index contributed by atoms with van der Waals surface area (Å²) < 4.78 is 1.16. The Morgan fingerprint density at radius 2 is 1.89 bits per heavy atom. The molecule has 3 unspecified atom stereocenters. The third-order valence-electron chi connectivity index (χ3n) is 3.71. The van der Waals surface area contributed by atoms with Gasteiger partial charge in [0.15, 0.2) is 0 Å². The van der Waals surface area contributed by atoms with E-state index in [1.54, 1.807) is 0 Å². The van der Waals surface area contributed by atoms with Crippen molar-refractivity contribution in [2.75, 3.05) is 0 Å². The number of rotatable bonds is 7. The van der Waals surface area contributed by atoms with E-state index < -0.39 is 0 Å². The first-order chi connectivity index (χ1) is 8.56. The number of benzene rings is 1. The van der Waals surface area contributed by atoms with Crippen LogP contribution in [0.25, 0.3) is 0 Å². The van der Waals surface area contributed by atoms with Crippen LogP contribution in [-0.2, 0) is 0 Å². The lowest BCUT2D eigenvalue weighted by Crippen LogP contribution is -2.32. The predicted octanol–water partition coefficient (Wildman–Crippen LogP) is 5.31. The van der Waals surface area contributed by atoms with Crippen LogP contribution >= 0.6 is 15.9 Å². The zero-order valence-corrected chi connectivity index (χ0v) is 13.6. The lowest BCUT2D eigenvalue weighted by Gasteiger charge is -2.25. The molecule has 0 bridgehead atoms. The van der Waals surface area contributed by atoms with E-state index in [2.05, 4.69) is 73.2 Å². The zero-order valence-electron chi connectivity index (χ0n) is 12.0. The molecule has 2 heteroatoms. The Kier molecular flexibility index (Phi) is 6.95. The molecule has 0 aliphatic rings. The highest BCUT2D eigenvalue weighted by molar-refractivity contribution is 9.10.